The maximum Gasteiger partial charge on any atom is 0.142 e. The normalized spacial score (nSPS) is 10.1. The molecular formula is C12H10ClN3. The maximum atomic E-state index is 7.47. The first-order chi connectivity index (χ1) is 7.70. The number of aromatic nitrogens is 1. The van der Waals surface area contributed by atoms with Gasteiger partial charge < -0.3 is 5.73 Å². The third kappa shape index (κ3) is 1.90. The highest BCUT2D eigenvalue weighted by atomic mass is 35.5. The smallest absolute Gasteiger partial charge is 0.142 e. The summed E-state index contributed by atoms with van der Waals surface area (Å²) in [6.45, 7) is 0. The van der Waals surface area contributed by atoms with E-state index in [2.05, 4.69) is 4.98 Å². The first-order valence-corrected chi connectivity index (χ1v) is 5.12. The Bertz CT molecular complexity index is 537. The van der Waals surface area contributed by atoms with Crippen molar-refractivity contribution in [3.8, 4) is 11.1 Å². The van der Waals surface area contributed by atoms with E-state index in [4.69, 9.17) is 22.7 Å². The molecule has 0 aliphatic heterocycles. The zero-order chi connectivity index (χ0) is 11.5. The van der Waals surface area contributed by atoms with Crippen molar-refractivity contribution < 1.29 is 0 Å². The van der Waals surface area contributed by atoms with E-state index in [1.807, 2.05) is 24.3 Å². The van der Waals surface area contributed by atoms with Gasteiger partial charge in [-0.25, -0.2) is 0 Å². The highest BCUT2D eigenvalue weighted by molar-refractivity contribution is 6.33. The zero-order valence-corrected chi connectivity index (χ0v) is 9.20. The van der Waals surface area contributed by atoms with Crippen LogP contribution in [0.3, 0.4) is 0 Å². The molecule has 1 heterocycles. The van der Waals surface area contributed by atoms with Crippen LogP contribution in [0.25, 0.3) is 11.1 Å². The molecule has 0 aliphatic carbocycles. The molecule has 1 aromatic carbocycles. The summed E-state index contributed by atoms with van der Waals surface area (Å²) in [7, 11) is 0. The van der Waals surface area contributed by atoms with Crippen molar-refractivity contribution in [2.24, 2.45) is 5.73 Å². The summed E-state index contributed by atoms with van der Waals surface area (Å²) in [6.07, 6.45) is 1.61. The van der Waals surface area contributed by atoms with Gasteiger partial charge >= 0.3 is 0 Å². The molecule has 3 N–H and O–H groups in total. The van der Waals surface area contributed by atoms with Gasteiger partial charge in [-0.15, -0.1) is 0 Å². The van der Waals surface area contributed by atoms with E-state index in [1.54, 1.807) is 18.3 Å². The first-order valence-electron chi connectivity index (χ1n) is 4.74. The van der Waals surface area contributed by atoms with Gasteiger partial charge in [-0.3, -0.25) is 10.4 Å². The Hall–Kier alpha value is -1.87. The highest BCUT2D eigenvalue weighted by Crippen LogP contribution is 2.28. The molecule has 2 aromatic rings. The first kappa shape index (κ1) is 10.6. The van der Waals surface area contributed by atoms with Crippen LogP contribution >= 0.6 is 11.6 Å². The molecule has 0 unspecified atom stereocenters. The van der Waals surface area contributed by atoms with E-state index in [0.29, 0.717) is 10.7 Å². The van der Waals surface area contributed by atoms with Gasteiger partial charge in [0.1, 0.15) is 11.5 Å². The van der Waals surface area contributed by atoms with E-state index in [1.165, 1.54) is 0 Å². The molecule has 0 atom stereocenters. The molecule has 2 rings (SSSR count). The highest BCUT2D eigenvalue weighted by Gasteiger charge is 2.10. The SMILES string of the molecule is N=C(N)c1ncccc1-c1ccccc1Cl. The fourth-order valence-electron chi connectivity index (χ4n) is 1.52. The number of nitrogens with two attached hydrogens (primary N) is 1. The molecule has 0 spiro atoms. The largest absolute Gasteiger partial charge is 0.382 e. The molecule has 0 radical (unpaired) electrons. The van der Waals surface area contributed by atoms with E-state index >= 15 is 0 Å². The van der Waals surface area contributed by atoms with Gasteiger partial charge in [-0.1, -0.05) is 35.9 Å². The van der Waals surface area contributed by atoms with E-state index in [0.717, 1.165) is 11.1 Å². The molecule has 0 saturated carbocycles. The van der Waals surface area contributed by atoms with Gasteiger partial charge in [-0.2, -0.15) is 0 Å². The lowest BCUT2D eigenvalue weighted by Gasteiger charge is -2.08. The van der Waals surface area contributed by atoms with Gasteiger partial charge in [0.25, 0.3) is 0 Å². The van der Waals surface area contributed by atoms with Crippen LogP contribution in [-0.4, -0.2) is 10.8 Å². The Morgan fingerprint density at radius 2 is 1.81 bits per heavy atom. The van der Waals surface area contributed by atoms with E-state index in [9.17, 15) is 0 Å². The van der Waals surface area contributed by atoms with Gasteiger partial charge in [0.05, 0.1) is 0 Å². The van der Waals surface area contributed by atoms with Gasteiger partial charge in [0, 0.05) is 22.3 Å². The van der Waals surface area contributed by atoms with Crippen LogP contribution < -0.4 is 5.73 Å². The average Bonchev–Trinajstić information content (AvgIpc) is 2.29. The Labute approximate surface area is 98.4 Å². The summed E-state index contributed by atoms with van der Waals surface area (Å²) in [4.78, 5) is 4.09. The third-order valence-electron chi connectivity index (χ3n) is 2.23. The number of pyridine rings is 1. The molecule has 0 saturated heterocycles. The van der Waals surface area contributed by atoms with Crippen LogP contribution in [0.5, 0.6) is 0 Å². The lowest BCUT2D eigenvalue weighted by Crippen LogP contribution is -2.14. The maximum absolute atomic E-state index is 7.47. The predicted octanol–water partition coefficient (Wildman–Crippen LogP) is 2.69. The number of nitrogens with zero attached hydrogens (tertiary/aromatic N) is 1. The van der Waals surface area contributed by atoms with Crippen molar-refractivity contribution >= 4 is 17.4 Å². The quantitative estimate of drug-likeness (QED) is 0.617. The molecule has 4 heteroatoms. The number of amidine groups is 1. The summed E-state index contributed by atoms with van der Waals surface area (Å²) in [6, 6.07) is 11.1. The Morgan fingerprint density at radius 1 is 1.12 bits per heavy atom. The standard InChI is InChI=1S/C12H10ClN3/c13-10-6-2-1-4-8(10)9-5-3-7-16-11(9)12(14)15/h1-7H,(H3,14,15). The Balaban J connectivity index is 2.65. The number of hydrogen-bond donors (Lipinski definition) is 2. The van der Waals surface area contributed by atoms with Crippen LogP contribution in [0.15, 0.2) is 42.6 Å². The van der Waals surface area contributed by atoms with Crippen molar-refractivity contribution in [2.75, 3.05) is 0 Å². The Kier molecular flexibility index (Phi) is 2.88. The van der Waals surface area contributed by atoms with Crippen LogP contribution in [-0.2, 0) is 0 Å². The predicted molar refractivity (Wildman–Crippen MR) is 65.7 cm³/mol. The Morgan fingerprint density at radius 3 is 2.50 bits per heavy atom. The summed E-state index contributed by atoms with van der Waals surface area (Å²) >= 11 is 6.10. The third-order valence-corrected chi connectivity index (χ3v) is 2.56. The molecule has 0 aliphatic rings. The minimum atomic E-state index is -0.0597. The topological polar surface area (TPSA) is 62.8 Å². The van der Waals surface area contributed by atoms with E-state index in [-0.39, 0.29) is 5.84 Å². The molecule has 16 heavy (non-hydrogen) atoms. The molecule has 0 amide bonds. The minimum absolute atomic E-state index is 0.0597. The van der Waals surface area contributed by atoms with E-state index < -0.39 is 0 Å². The summed E-state index contributed by atoms with van der Waals surface area (Å²) in [5.41, 5.74) is 7.55. The van der Waals surface area contributed by atoms with Crippen LogP contribution in [0.1, 0.15) is 5.69 Å². The second-order valence-electron chi connectivity index (χ2n) is 3.29. The molecule has 0 fully saturated rings. The van der Waals surface area contributed by atoms with Gasteiger partial charge in [-0.05, 0) is 12.1 Å². The van der Waals surface area contributed by atoms with Crippen LogP contribution in [0.4, 0.5) is 0 Å². The molecule has 1 aromatic heterocycles. The number of nitrogens with one attached hydrogen (secondary N) is 1. The zero-order valence-electron chi connectivity index (χ0n) is 8.44. The van der Waals surface area contributed by atoms with Crippen molar-refractivity contribution in [2.45, 2.75) is 0 Å². The lowest BCUT2D eigenvalue weighted by molar-refractivity contribution is 1.26. The lowest BCUT2D eigenvalue weighted by atomic mass is 10.0. The van der Waals surface area contributed by atoms with Crippen molar-refractivity contribution in [1.82, 2.24) is 4.98 Å². The van der Waals surface area contributed by atoms with Crippen molar-refractivity contribution in [3.05, 3.63) is 53.3 Å². The van der Waals surface area contributed by atoms with Crippen molar-refractivity contribution in [1.29, 1.82) is 5.41 Å². The number of nitrogen functional groups attached to an aromatic ring is 1. The fourth-order valence-corrected chi connectivity index (χ4v) is 1.75. The number of hydrogen-bond acceptors (Lipinski definition) is 2. The number of rotatable bonds is 2. The minimum Gasteiger partial charge on any atom is -0.382 e. The summed E-state index contributed by atoms with van der Waals surface area (Å²) < 4.78 is 0. The average molecular weight is 232 g/mol. The monoisotopic (exact) mass is 231 g/mol. The molecule has 80 valence electrons. The van der Waals surface area contributed by atoms with Gasteiger partial charge in [0.2, 0.25) is 0 Å². The molecule has 3 nitrogen and oxygen atoms in total. The number of halogens is 1. The number of benzene rings is 1. The molecule has 0 bridgehead atoms. The second-order valence-corrected chi connectivity index (χ2v) is 3.70. The molecular weight excluding hydrogens is 222 g/mol. The van der Waals surface area contributed by atoms with Crippen LogP contribution in [0.2, 0.25) is 5.02 Å². The fraction of sp³-hybridized carbons (Fsp3) is 0. The van der Waals surface area contributed by atoms with Crippen molar-refractivity contribution in [3.63, 3.8) is 0 Å². The summed E-state index contributed by atoms with van der Waals surface area (Å²) in [5, 5.41) is 8.09. The second kappa shape index (κ2) is 4.33. The summed E-state index contributed by atoms with van der Waals surface area (Å²) in [5.74, 6) is -0.0597. The van der Waals surface area contributed by atoms with Gasteiger partial charge in [0.15, 0.2) is 0 Å². The van der Waals surface area contributed by atoms with Crippen LogP contribution in [0, 0.1) is 5.41 Å².